The molecule has 1 aromatic rings. The van der Waals surface area contributed by atoms with Gasteiger partial charge in [-0.05, 0) is 36.8 Å². The van der Waals surface area contributed by atoms with Crippen molar-refractivity contribution in [2.75, 3.05) is 5.33 Å². The maximum atomic E-state index is 13.6. The molecule has 0 N–H and O–H groups in total. The van der Waals surface area contributed by atoms with Crippen LogP contribution in [-0.2, 0) is 6.42 Å². The van der Waals surface area contributed by atoms with Crippen molar-refractivity contribution < 1.29 is 4.39 Å². The first-order valence-corrected chi connectivity index (χ1v) is 7.03. The number of alkyl halides is 1. The van der Waals surface area contributed by atoms with Gasteiger partial charge in [-0.3, -0.25) is 0 Å². The van der Waals surface area contributed by atoms with Crippen molar-refractivity contribution in [2.45, 2.75) is 26.7 Å². The molecule has 1 unspecified atom stereocenters. The Bertz CT molecular complexity index is 318. The maximum absolute atomic E-state index is 13.6. The van der Waals surface area contributed by atoms with Gasteiger partial charge < -0.3 is 0 Å². The number of benzene rings is 1. The van der Waals surface area contributed by atoms with Crippen LogP contribution in [0.2, 0.25) is 5.02 Å². The van der Waals surface area contributed by atoms with Crippen LogP contribution >= 0.6 is 27.5 Å². The summed E-state index contributed by atoms with van der Waals surface area (Å²) in [5.41, 5.74) is 0.647. The van der Waals surface area contributed by atoms with Crippen molar-refractivity contribution in [3.63, 3.8) is 0 Å². The second kappa shape index (κ2) is 6.61. The normalized spacial score (nSPS) is 13.1. The first-order valence-electron chi connectivity index (χ1n) is 5.53. The Morgan fingerprint density at radius 1 is 1.38 bits per heavy atom. The Balaban J connectivity index is 2.77. The number of rotatable bonds is 5. The van der Waals surface area contributed by atoms with Gasteiger partial charge in [-0.2, -0.15) is 0 Å². The fourth-order valence-electron chi connectivity index (χ4n) is 1.88. The van der Waals surface area contributed by atoms with Gasteiger partial charge in [-0.1, -0.05) is 47.4 Å². The molecule has 90 valence electrons. The summed E-state index contributed by atoms with van der Waals surface area (Å²) in [4.78, 5) is 0. The highest BCUT2D eigenvalue weighted by Crippen LogP contribution is 2.26. The van der Waals surface area contributed by atoms with E-state index in [4.69, 9.17) is 11.6 Å². The van der Waals surface area contributed by atoms with Crippen LogP contribution in [-0.4, -0.2) is 5.33 Å². The van der Waals surface area contributed by atoms with Crippen molar-refractivity contribution in [3.8, 4) is 0 Å². The van der Waals surface area contributed by atoms with Crippen LogP contribution in [0.5, 0.6) is 0 Å². The van der Waals surface area contributed by atoms with Gasteiger partial charge >= 0.3 is 0 Å². The number of halogens is 3. The monoisotopic (exact) mass is 306 g/mol. The fraction of sp³-hybridized carbons (Fsp3) is 0.538. The molecule has 3 heteroatoms. The van der Waals surface area contributed by atoms with Gasteiger partial charge in [0.2, 0.25) is 0 Å². The number of hydrogen-bond acceptors (Lipinski definition) is 0. The molecule has 0 saturated heterocycles. The maximum Gasteiger partial charge on any atom is 0.127 e. The highest BCUT2D eigenvalue weighted by Gasteiger charge is 2.15. The molecule has 0 saturated carbocycles. The zero-order valence-corrected chi connectivity index (χ0v) is 12.0. The van der Waals surface area contributed by atoms with Crippen LogP contribution in [0.25, 0.3) is 0 Å². The van der Waals surface area contributed by atoms with Gasteiger partial charge in [-0.25, -0.2) is 4.39 Å². The van der Waals surface area contributed by atoms with Gasteiger partial charge in [-0.15, -0.1) is 0 Å². The summed E-state index contributed by atoms with van der Waals surface area (Å²) in [6.45, 7) is 4.36. The molecular weight excluding hydrogens is 290 g/mol. The van der Waals surface area contributed by atoms with Gasteiger partial charge in [0.15, 0.2) is 0 Å². The molecule has 1 aromatic carbocycles. The first kappa shape index (κ1) is 14.0. The molecule has 0 fully saturated rings. The third-order valence-corrected chi connectivity index (χ3v) is 3.85. The van der Waals surface area contributed by atoms with Gasteiger partial charge in [0.05, 0.1) is 0 Å². The molecule has 0 aromatic heterocycles. The van der Waals surface area contributed by atoms with Gasteiger partial charge in [0.1, 0.15) is 5.82 Å². The topological polar surface area (TPSA) is 0 Å². The molecule has 1 rings (SSSR count). The molecule has 0 radical (unpaired) electrons. The minimum Gasteiger partial charge on any atom is -0.207 e. The lowest BCUT2D eigenvalue weighted by molar-refractivity contribution is 0.438. The van der Waals surface area contributed by atoms with E-state index < -0.39 is 0 Å². The highest BCUT2D eigenvalue weighted by atomic mass is 79.9. The van der Waals surface area contributed by atoms with Crippen molar-refractivity contribution in [2.24, 2.45) is 11.8 Å². The van der Waals surface area contributed by atoms with E-state index in [2.05, 4.69) is 29.8 Å². The average molecular weight is 308 g/mol. The summed E-state index contributed by atoms with van der Waals surface area (Å²) in [5.74, 6) is 0.865. The molecule has 0 aliphatic heterocycles. The lowest BCUT2D eigenvalue weighted by Gasteiger charge is -2.17. The zero-order chi connectivity index (χ0) is 12.1. The first-order chi connectivity index (χ1) is 7.54. The lowest BCUT2D eigenvalue weighted by atomic mass is 9.92. The van der Waals surface area contributed by atoms with Crippen molar-refractivity contribution in [1.82, 2.24) is 0 Å². The third-order valence-electron chi connectivity index (χ3n) is 2.58. The lowest BCUT2D eigenvalue weighted by Crippen LogP contribution is -2.11. The molecule has 1 atom stereocenters. The number of hydrogen-bond donors (Lipinski definition) is 0. The van der Waals surface area contributed by atoms with E-state index in [1.165, 1.54) is 6.07 Å². The minimum absolute atomic E-state index is 0.192. The third kappa shape index (κ3) is 4.06. The van der Waals surface area contributed by atoms with E-state index in [1.807, 2.05) is 0 Å². The van der Waals surface area contributed by atoms with Crippen LogP contribution in [0.3, 0.4) is 0 Å². The van der Waals surface area contributed by atoms with E-state index in [0.717, 1.165) is 11.8 Å². The van der Waals surface area contributed by atoms with E-state index in [0.29, 0.717) is 28.8 Å². The average Bonchev–Trinajstić information content (AvgIpc) is 2.21. The predicted octanol–water partition coefficient (Wildman–Crippen LogP) is 5.08. The summed E-state index contributed by atoms with van der Waals surface area (Å²) >= 11 is 9.50. The van der Waals surface area contributed by atoms with E-state index >= 15 is 0 Å². The van der Waals surface area contributed by atoms with Crippen LogP contribution in [0.1, 0.15) is 25.8 Å². The Morgan fingerprint density at radius 3 is 2.56 bits per heavy atom. The Kier molecular flexibility index (Phi) is 5.77. The van der Waals surface area contributed by atoms with Crippen LogP contribution in [0.4, 0.5) is 4.39 Å². The summed E-state index contributed by atoms with van der Waals surface area (Å²) in [6.07, 6.45) is 1.78. The van der Waals surface area contributed by atoms with E-state index in [9.17, 15) is 4.39 Å². The van der Waals surface area contributed by atoms with Gasteiger partial charge in [0, 0.05) is 15.9 Å². The Morgan fingerprint density at radius 2 is 2.06 bits per heavy atom. The Labute approximate surface area is 110 Å². The summed E-state index contributed by atoms with van der Waals surface area (Å²) in [6, 6.07) is 4.87. The van der Waals surface area contributed by atoms with Crippen molar-refractivity contribution in [3.05, 3.63) is 34.6 Å². The molecule has 0 spiro atoms. The molecule has 0 amide bonds. The Hall–Kier alpha value is -0.0800. The molecule has 0 aliphatic carbocycles. The second-order valence-electron chi connectivity index (χ2n) is 4.55. The largest absolute Gasteiger partial charge is 0.207 e. The standard InChI is InChI=1S/C13H17BrClF/c1-9(2)6-10(8-14)7-11-12(15)4-3-5-13(11)16/h3-5,9-10H,6-8H2,1-2H3. The van der Waals surface area contributed by atoms with E-state index in [1.54, 1.807) is 12.1 Å². The molecular formula is C13H17BrClF. The smallest absolute Gasteiger partial charge is 0.127 e. The molecule has 0 nitrogen and oxygen atoms in total. The summed E-state index contributed by atoms with van der Waals surface area (Å²) < 4.78 is 13.6. The quantitative estimate of drug-likeness (QED) is 0.666. The second-order valence-corrected chi connectivity index (χ2v) is 5.61. The fourth-order valence-corrected chi connectivity index (χ4v) is 2.62. The SMILES string of the molecule is CC(C)CC(CBr)Cc1c(F)cccc1Cl. The predicted molar refractivity (Wildman–Crippen MR) is 71.9 cm³/mol. The van der Waals surface area contributed by atoms with Crippen LogP contribution in [0, 0.1) is 17.7 Å². The van der Waals surface area contributed by atoms with Gasteiger partial charge in [0.25, 0.3) is 0 Å². The van der Waals surface area contributed by atoms with Crippen LogP contribution in [0.15, 0.2) is 18.2 Å². The highest BCUT2D eigenvalue weighted by molar-refractivity contribution is 9.09. The van der Waals surface area contributed by atoms with Crippen LogP contribution < -0.4 is 0 Å². The zero-order valence-electron chi connectivity index (χ0n) is 9.64. The minimum atomic E-state index is -0.192. The van der Waals surface area contributed by atoms with E-state index in [-0.39, 0.29) is 5.82 Å². The summed E-state index contributed by atoms with van der Waals surface area (Å²) in [7, 11) is 0. The van der Waals surface area contributed by atoms with Crippen molar-refractivity contribution >= 4 is 27.5 Å². The van der Waals surface area contributed by atoms with Crippen molar-refractivity contribution in [1.29, 1.82) is 0 Å². The summed E-state index contributed by atoms with van der Waals surface area (Å²) in [5, 5.41) is 1.42. The molecule has 0 bridgehead atoms. The molecule has 0 heterocycles. The molecule has 0 aliphatic rings. The molecule has 16 heavy (non-hydrogen) atoms.